The van der Waals surface area contributed by atoms with Gasteiger partial charge in [-0.05, 0) is 23.8 Å². The van der Waals surface area contributed by atoms with Crippen LogP contribution in [0, 0.1) is 0 Å². The second-order valence-corrected chi connectivity index (χ2v) is 3.69. The maximum atomic E-state index is 11.3. The molecule has 0 aliphatic rings. The quantitative estimate of drug-likeness (QED) is 0.630. The van der Waals surface area contributed by atoms with E-state index in [9.17, 15) is 4.79 Å². The van der Waals surface area contributed by atoms with Crippen molar-refractivity contribution in [3.05, 3.63) is 35.9 Å². The highest BCUT2D eigenvalue weighted by atomic mass is 16.5. The fraction of sp³-hybridized carbons (Fsp3) is 0.308. The highest BCUT2D eigenvalue weighted by Crippen LogP contribution is 2.12. The standard InChI is InChI=1S/C13H17NO4/c1-18-12-5-2-10(3-6-12)4-7-13(17)14-8-11(16)9-15/h2-7,11,15-16H,8-9H2,1H3,(H,14,17)/b7-4+. The predicted octanol–water partition coefficient (Wildman–Crippen LogP) is 0.178. The molecule has 0 heterocycles. The molecule has 0 saturated carbocycles. The monoisotopic (exact) mass is 251 g/mol. The van der Waals surface area contributed by atoms with Gasteiger partial charge >= 0.3 is 0 Å². The van der Waals surface area contributed by atoms with E-state index >= 15 is 0 Å². The highest BCUT2D eigenvalue weighted by Gasteiger charge is 2.02. The molecule has 3 N–H and O–H groups in total. The van der Waals surface area contributed by atoms with Gasteiger partial charge in [-0.2, -0.15) is 0 Å². The van der Waals surface area contributed by atoms with E-state index in [1.165, 1.54) is 6.08 Å². The number of methoxy groups -OCH3 is 1. The number of aliphatic hydroxyl groups excluding tert-OH is 2. The first kappa shape index (κ1) is 14.2. The van der Waals surface area contributed by atoms with Gasteiger partial charge < -0.3 is 20.3 Å². The van der Waals surface area contributed by atoms with E-state index in [4.69, 9.17) is 14.9 Å². The molecule has 1 rings (SSSR count). The van der Waals surface area contributed by atoms with E-state index in [2.05, 4.69) is 5.32 Å². The van der Waals surface area contributed by atoms with Gasteiger partial charge in [0, 0.05) is 12.6 Å². The van der Waals surface area contributed by atoms with Crippen molar-refractivity contribution < 1.29 is 19.7 Å². The maximum Gasteiger partial charge on any atom is 0.244 e. The summed E-state index contributed by atoms with van der Waals surface area (Å²) >= 11 is 0. The van der Waals surface area contributed by atoms with Gasteiger partial charge in [0.05, 0.1) is 19.8 Å². The number of rotatable bonds is 6. The van der Waals surface area contributed by atoms with Gasteiger partial charge in [0.15, 0.2) is 0 Å². The van der Waals surface area contributed by atoms with E-state index < -0.39 is 6.10 Å². The van der Waals surface area contributed by atoms with Gasteiger partial charge in [0.2, 0.25) is 5.91 Å². The van der Waals surface area contributed by atoms with E-state index in [1.807, 2.05) is 12.1 Å². The number of carbonyl (C=O) groups excluding carboxylic acids is 1. The molecule has 98 valence electrons. The topological polar surface area (TPSA) is 78.8 Å². The molecule has 1 amide bonds. The third-order valence-corrected chi connectivity index (χ3v) is 2.27. The molecule has 1 unspecified atom stereocenters. The summed E-state index contributed by atoms with van der Waals surface area (Å²) in [5.41, 5.74) is 0.869. The van der Waals surface area contributed by atoms with Crippen molar-refractivity contribution in [2.24, 2.45) is 0 Å². The second kappa shape index (κ2) is 7.47. The number of ether oxygens (including phenoxy) is 1. The fourth-order valence-corrected chi connectivity index (χ4v) is 1.23. The van der Waals surface area contributed by atoms with Crippen molar-refractivity contribution in [1.29, 1.82) is 0 Å². The molecular formula is C13H17NO4. The molecule has 0 radical (unpaired) electrons. The molecule has 0 aliphatic heterocycles. The molecule has 0 spiro atoms. The Bertz CT molecular complexity index is 400. The van der Waals surface area contributed by atoms with Crippen LogP contribution in [0.4, 0.5) is 0 Å². The van der Waals surface area contributed by atoms with Crippen LogP contribution >= 0.6 is 0 Å². The summed E-state index contributed by atoms with van der Waals surface area (Å²) in [4.78, 5) is 11.3. The minimum Gasteiger partial charge on any atom is -0.497 e. The molecule has 5 heteroatoms. The summed E-state index contributed by atoms with van der Waals surface area (Å²) in [6.45, 7) is -0.342. The minimum absolute atomic E-state index is 0.0300. The van der Waals surface area contributed by atoms with Crippen molar-refractivity contribution in [3.8, 4) is 5.75 Å². The van der Waals surface area contributed by atoms with Crippen molar-refractivity contribution >= 4 is 12.0 Å². The van der Waals surface area contributed by atoms with Crippen molar-refractivity contribution in [1.82, 2.24) is 5.32 Å². The molecule has 0 saturated heterocycles. The number of nitrogens with one attached hydrogen (secondary N) is 1. The van der Waals surface area contributed by atoms with Crippen molar-refractivity contribution in [2.75, 3.05) is 20.3 Å². The van der Waals surface area contributed by atoms with Gasteiger partial charge in [-0.15, -0.1) is 0 Å². The van der Waals surface area contributed by atoms with Crippen LogP contribution in [0.15, 0.2) is 30.3 Å². The zero-order valence-electron chi connectivity index (χ0n) is 10.2. The molecule has 0 aliphatic carbocycles. The Kier molecular flexibility index (Phi) is 5.90. The van der Waals surface area contributed by atoms with Crippen LogP contribution in [-0.4, -0.2) is 42.5 Å². The number of aliphatic hydroxyl groups is 2. The van der Waals surface area contributed by atoms with Crippen LogP contribution in [0.5, 0.6) is 5.75 Å². The van der Waals surface area contributed by atoms with Gasteiger partial charge in [0.1, 0.15) is 5.75 Å². The third-order valence-electron chi connectivity index (χ3n) is 2.27. The Hall–Kier alpha value is -1.85. The summed E-state index contributed by atoms with van der Waals surface area (Å²) in [7, 11) is 1.59. The Morgan fingerprint density at radius 2 is 2.11 bits per heavy atom. The van der Waals surface area contributed by atoms with Crippen LogP contribution < -0.4 is 10.1 Å². The maximum absolute atomic E-state index is 11.3. The summed E-state index contributed by atoms with van der Waals surface area (Å²) in [6.07, 6.45) is 2.09. The van der Waals surface area contributed by atoms with Crippen LogP contribution in [0.3, 0.4) is 0 Å². The lowest BCUT2D eigenvalue weighted by Crippen LogP contribution is -2.32. The Balaban J connectivity index is 2.45. The molecule has 0 fully saturated rings. The minimum atomic E-state index is -0.927. The molecule has 5 nitrogen and oxygen atoms in total. The SMILES string of the molecule is COc1ccc(/C=C/C(=O)NCC(O)CO)cc1. The van der Waals surface area contributed by atoms with Crippen LogP contribution in [0.1, 0.15) is 5.56 Å². The second-order valence-electron chi connectivity index (χ2n) is 3.69. The lowest BCUT2D eigenvalue weighted by atomic mass is 10.2. The van der Waals surface area contributed by atoms with Crippen LogP contribution in [0.2, 0.25) is 0 Å². The smallest absolute Gasteiger partial charge is 0.244 e. The number of amides is 1. The van der Waals surface area contributed by atoms with Crippen molar-refractivity contribution in [2.45, 2.75) is 6.10 Å². The van der Waals surface area contributed by atoms with Gasteiger partial charge in [0.25, 0.3) is 0 Å². The molecular weight excluding hydrogens is 234 g/mol. The van der Waals surface area contributed by atoms with Crippen LogP contribution in [0.25, 0.3) is 6.08 Å². The lowest BCUT2D eigenvalue weighted by molar-refractivity contribution is -0.117. The average Bonchev–Trinajstić information content (AvgIpc) is 2.42. The van der Waals surface area contributed by atoms with E-state index in [0.29, 0.717) is 0 Å². The Morgan fingerprint density at radius 3 is 2.67 bits per heavy atom. The van der Waals surface area contributed by atoms with Crippen molar-refractivity contribution in [3.63, 3.8) is 0 Å². The summed E-state index contributed by atoms with van der Waals surface area (Å²) in [5, 5.41) is 20.1. The van der Waals surface area contributed by atoms with Gasteiger partial charge in [-0.3, -0.25) is 4.79 Å². The predicted molar refractivity (Wildman–Crippen MR) is 68.1 cm³/mol. The van der Waals surface area contributed by atoms with Gasteiger partial charge in [-0.1, -0.05) is 12.1 Å². The number of carbonyl (C=O) groups is 1. The first-order valence-electron chi connectivity index (χ1n) is 5.54. The zero-order chi connectivity index (χ0) is 13.4. The average molecular weight is 251 g/mol. The van der Waals surface area contributed by atoms with E-state index in [-0.39, 0.29) is 19.1 Å². The lowest BCUT2D eigenvalue weighted by Gasteiger charge is -2.06. The molecule has 1 atom stereocenters. The number of hydrogen-bond acceptors (Lipinski definition) is 4. The summed E-state index contributed by atoms with van der Waals surface area (Å²) in [6, 6.07) is 7.25. The molecule has 0 bridgehead atoms. The first-order chi connectivity index (χ1) is 8.65. The number of benzene rings is 1. The molecule has 0 aromatic heterocycles. The zero-order valence-corrected chi connectivity index (χ0v) is 10.2. The van der Waals surface area contributed by atoms with E-state index in [0.717, 1.165) is 11.3 Å². The van der Waals surface area contributed by atoms with E-state index in [1.54, 1.807) is 25.3 Å². The summed E-state index contributed by atoms with van der Waals surface area (Å²) < 4.78 is 5.02. The highest BCUT2D eigenvalue weighted by molar-refractivity contribution is 5.91. The number of hydrogen-bond donors (Lipinski definition) is 3. The normalized spacial score (nSPS) is 12.4. The first-order valence-corrected chi connectivity index (χ1v) is 5.54. The third kappa shape index (κ3) is 4.99. The fourth-order valence-electron chi connectivity index (χ4n) is 1.23. The Morgan fingerprint density at radius 1 is 1.44 bits per heavy atom. The Labute approximate surface area is 106 Å². The largest absolute Gasteiger partial charge is 0.497 e. The molecule has 18 heavy (non-hydrogen) atoms. The van der Waals surface area contributed by atoms with Gasteiger partial charge in [-0.25, -0.2) is 0 Å². The molecule has 1 aromatic carbocycles. The summed E-state index contributed by atoms with van der Waals surface area (Å²) in [5.74, 6) is 0.431. The molecule has 1 aromatic rings. The van der Waals surface area contributed by atoms with Crippen LogP contribution in [-0.2, 0) is 4.79 Å².